The molecule has 2 fully saturated rings. The van der Waals surface area contributed by atoms with Crippen LogP contribution in [0.15, 0.2) is 12.4 Å². The van der Waals surface area contributed by atoms with Gasteiger partial charge in [0.1, 0.15) is 18.7 Å². The molecule has 0 radical (unpaired) electrons. The van der Waals surface area contributed by atoms with Crippen molar-refractivity contribution >= 4 is 41.6 Å². The van der Waals surface area contributed by atoms with Gasteiger partial charge in [-0.15, -0.1) is 16.6 Å². The van der Waals surface area contributed by atoms with Gasteiger partial charge in [0, 0.05) is 84.1 Å². The van der Waals surface area contributed by atoms with Crippen molar-refractivity contribution in [3.8, 4) is 12.3 Å². The zero-order chi connectivity index (χ0) is 47.3. The van der Waals surface area contributed by atoms with Crippen molar-refractivity contribution in [2.75, 3.05) is 120 Å². The van der Waals surface area contributed by atoms with Crippen LogP contribution in [-0.4, -0.2) is 194 Å². The number of carboxylic acid groups (broad SMARTS) is 2. The first-order valence-electron chi connectivity index (χ1n) is 22.8. The number of aliphatic carboxylic acids is 2. The summed E-state index contributed by atoms with van der Waals surface area (Å²) in [6.07, 6.45) is 11.7. The van der Waals surface area contributed by atoms with Crippen LogP contribution in [-0.2, 0) is 46.2 Å². The average Bonchev–Trinajstić information content (AvgIpc) is 4.01. The minimum absolute atomic E-state index is 0. The molecule has 2 amide bonds. The van der Waals surface area contributed by atoms with Gasteiger partial charge in [0.2, 0.25) is 29.7 Å². The SMILES string of the molecule is C#CCOCCOCCOCCNc1nc(N2CCN(C(=O)[C@H]([C@@H](C)CC)n3cc(CCC(=O)O)nn3)CC2)nc(N2CCN(C(=O)[C@H](CCCC[NH3+])n3cc(CCC(=O)O)nn3)CC2)n1.[Cl-]. The smallest absolute Gasteiger partial charge is 0.303 e. The number of terminal acetylenes is 1. The molecular formula is C42H66ClN15O9. The molecule has 6 N–H and O–H groups in total. The molecule has 0 unspecified atom stereocenters. The molecule has 3 atom stereocenters. The zero-order valence-corrected chi connectivity index (χ0v) is 39.3. The van der Waals surface area contributed by atoms with Gasteiger partial charge in [0.25, 0.3) is 0 Å². The predicted molar refractivity (Wildman–Crippen MR) is 238 cm³/mol. The Balaban J connectivity index is 0.00000980. The summed E-state index contributed by atoms with van der Waals surface area (Å²) in [5.74, 6) is 1.59. The number of rotatable bonds is 29. The van der Waals surface area contributed by atoms with E-state index in [-0.39, 0.29) is 62.4 Å². The van der Waals surface area contributed by atoms with Crippen molar-refractivity contribution in [2.24, 2.45) is 5.92 Å². The molecule has 2 aliphatic heterocycles. The molecule has 25 heteroatoms. The fourth-order valence-corrected chi connectivity index (χ4v) is 7.51. The molecule has 5 rings (SSSR count). The highest BCUT2D eigenvalue weighted by Gasteiger charge is 2.35. The maximum Gasteiger partial charge on any atom is 0.303 e. The summed E-state index contributed by atoms with van der Waals surface area (Å²) >= 11 is 0. The Kier molecular flexibility index (Phi) is 22.9. The van der Waals surface area contributed by atoms with Gasteiger partial charge in [0.15, 0.2) is 0 Å². The van der Waals surface area contributed by atoms with E-state index in [0.717, 1.165) is 25.8 Å². The van der Waals surface area contributed by atoms with E-state index < -0.39 is 24.0 Å². The first-order chi connectivity index (χ1) is 32.0. The number of nitrogens with zero attached hydrogens (tertiary/aromatic N) is 13. The molecule has 370 valence electrons. The molecule has 3 aromatic heterocycles. The fourth-order valence-electron chi connectivity index (χ4n) is 7.51. The number of quaternary nitrogens is 1. The van der Waals surface area contributed by atoms with E-state index in [1.165, 1.54) is 0 Å². The van der Waals surface area contributed by atoms with Gasteiger partial charge in [0.05, 0.1) is 63.8 Å². The number of hydrogen-bond donors (Lipinski definition) is 4. The number of amides is 2. The average molecular weight is 961 g/mol. The summed E-state index contributed by atoms with van der Waals surface area (Å²) in [5.41, 5.74) is 4.98. The van der Waals surface area contributed by atoms with Crippen LogP contribution >= 0.6 is 0 Å². The number of anilines is 3. The minimum atomic E-state index is -0.929. The molecule has 2 saturated heterocycles. The number of ether oxygens (including phenoxy) is 3. The highest BCUT2D eigenvalue weighted by atomic mass is 35.5. The lowest BCUT2D eigenvalue weighted by Gasteiger charge is -2.38. The van der Waals surface area contributed by atoms with Crippen LogP contribution in [0.1, 0.15) is 75.8 Å². The van der Waals surface area contributed by atoms with E-state index in [2.05, 4.69) is 37.6 Å². The Bertz CT molecular complexity index is 2040. The summed E-state index contributed by atoms with van der Waals surface area (Å²) in [6.45, 7) is 10.8. The number of carbonyl (C=O) groups excluding carboxylic acids is 2. The van der Waals surface area contributed by atoms with Crippen molar-refractivity contribution in [1.82, 2.24) is 54.7 Å². The van der Waals surface area contributed by atoms with Crippen molar-refractivity contribution in [1.29, 1.82) is 0 Å². The van der Waals surface area contributed by atoms with E-state index >= 15 is 0 Å². The number of hydrogen-bond acceptors (Lipinski definition) is 17. The van der Waals surface area contributed by atoms with Crippen molar-refractivity contribution in [3.63, 3.8) is 0 Å². The molecule has 3 aromatic rings. The minimum Gasteiger partial charge on any atom is -1.00 e. The first-order valence-corrected chi connectivity index (χ1v) is 22.8. The lowest BCUT2D eigenvalue weighted by atomic mass is 9.97. The van der Waals surface area contributed by atoms with Gasteiger partial charge in [-0.25, -0.2) is 9.36 Å². The largest absolute Gasteiger partial charge is 1.00 e. The number of carboxylic acids is 2. The Hall–Kier alpha value is -5.74. The standard InChI is InChI=1S/C42H65N15O9.ClH/c1-4-23-64-25-27-66-28-26-65-24-14-44-40-45-41(54-19-15-52(16-20-54)38(62)34(8-6-7-13-43)56-29-32(48-50-56)9-11-35(58)59)47-42(46-40)55-21-17-53(18-22-55)39(63)37(31(3)5-2)57-30-33(49-51-57)10-12-36(60)61;/h1,29-31,34,37H,5-28,43H2,2-3H3,(H,58,59)(H,60,61)(H,44,45,46,47);1H/t31-,34-,37-;/m0./s1. The highest BCUT2D eigenvalue weighted by molar-refractivity contribution is 5.81. The third kappa shape index (κ3) is 16.8. The van der Waals surface area contributed by atoms with Crippen LogP contribution in [0.25, 0.3) is 0 Å². The number of unbranched alkanes of at least 4 members (excludes halogenated alkanes) is 1. The van der Waals surface area contributed by atoms with Gasteiger partial charge in [-0.2, -0.15) is 15.0 Å². The second-order valence-electron chi connectivity index (χ2n) is 16.2. The second kappa shape index (κ2) is 28.4. The summed E-state index contributed by atoms with van der Waals surface area (Å²) in [5, 5.41) is 38.3. The van der Waals surface area contributed by atoms with Crippen LogP contribution in [0.2, 0.25) is 0 Å². The van der Waals surface area contributed by atoms with Gasteiger partial charge in [-0.3, -0.25) is 19.2 Å². The van der Waals surface area contributed by atoms with Crippen LogP contribution < -0.4 is 33.3 Å². The molecular weight excluding hydrogens is 894 g/mol. The van der Waals surface area contributed by atoms with Crippen LogP contribution in [0, 0.1) is 18.3 Å². The molecule has 0 saturated carbocycles. The summed E-state index contributed by atoms with van der Waals surface area (Å²) in [6, 6.07) is -1.18. The van der Waals surface area contributed by atoms with Crippen molar-refractivity contribution in [2.45, 2.75) is 77.3 Å². The number of aryl methyl sites for hydroxylation is 2. The Labute approximate surface area is 396 Å². The second-order valence-corrected chi connectivity index (χ2v) is 16.2. The predicted octanol–water partition coefficient (Wildman–Crippen LogP) is -3.57. The van der Waals surface area contributed by atoms with Crippen LogP contribution in [0.3, 0.4) is 0 Å². The van der Waals surface area contributed by atoms with E-state index in [1.807, 2.05) is 33.4 Å². The molecule has 0 spiro atoms. The zero-order valence-electron chi connectivity index (χ0n) is 38.6. The van der Waals surface area contributed by atoms with Gasteiger partial charge in [-0.05, 0) is 25.2 Å². The summed E-state index contributed by atoms with van der Waals surface area (Å²) in [4.78, 5) is 72.7. The molecule has 0 aliphatic carbocycles. The number of nitrogens with one attached hydrogen (secondary N) is 1. The molecule has 5 heterocycles. The van der Waals surface area contributed by atoms with Gasteiger partial charge >= 0.3 is 11.9 Å². The Morgan fingerprint density at radius 3 is 1.82 bits per heavy atom. The molecule has 0 aromatic carbocycles. The Morgan fingerprint density at radius 1 is 0.761 bits per heavy atom. The maximum absolute atomic E-state index is 14.1. The molecule has 24 nitrogen and oxygen atoms in total. The molecule has 0 bridgehead atoms. The fraction of sp³-hybridized carbons (Fsp3) is 0.690. The monoisotopic (exact) mass is 959 g/mol. The van der Waals surface area contributed by atoms with Crippen molar-refractivity contribution in [3.05, 3.63) is 23.8 Å². The summed E-state index contributed by atoms with van der Waals surface area (Å²) < 4.78 is 19.6. The van der Waals surface area contributed by atoms with E-state index in [1.54, 1.807) is 21.8 Å². The van der Waals surface area contributed by atoms with E-state index in [0.29, 0.717) is 128 Å². The van der Waals surface area contributed by atoms with Gasteiger partial charge < -0.3 is 67.5 Å². The summed E-state index contributed by atoms with van der Waals surface area (Å²) in [7, 11) is 0. The number of halogens is 1. The highest BCUT2D eigenvalue weighted by Crippen LogP contribution is 2.26. The molecule has 67 heavy (non-hydrogen) atoms. The third-order valence-corrected chi connectivity index (χ3v) is 11.4. The lowest BCUT2D eigenvalue weighted by Crippen LogP contribution is -3.00. The Morgan fingerprint density at radius 2 is 1.28 bits per heavy atom. The van der Waals surface area contributed by atoms with E-state index in [4.69, 9.17) is 45.8 Å². The number of carbonyl (C=O) groups is 4. The van der Waals surface area contributed by atoms with Crippen LogP contribution in [0.5, 0.6) is 0 Å². The van der Waals surface area contributed by atoms with Crippen LogP contribution in [0.4, 0.5) is 17.8 Å². The lowest BCUT2D eigenvalue weighted by molar-refractivity contribution is -0.368. The normalized spacial score (nSPS) is 15.4. The molecule has 2 aliphatic rings. The number of piperazine rings is 2. The maximum atomic E-state index is 14.1. The topological polar surface area (TPSA) is 289 Å². The number of aromatic nitrogens is 9. The first kappa shape index (κ1) is 53.9. The van der Waals surface area contributed by atoms with E-state index in [9.17, 15) is 19.2 Å². The van der Waals surface area contributed by atoms with Gasteiger partial charge in [-0.1, -0.05) is 36.6 Å². The quantitative estimate of drug-likeness (QED) is 0.0387. The van der Waals surface area contributed by atoms with Crippen molar-refractivity contribution < 1.29 is 61.7 Å². The third-order valence-electron chi connectivity index (χ3n) is 11.4.